The van der Waals surface area contributed by atoms with Crippen molar-refractivity contribution in [3.8, 4) is 5.75 Å². The summed E-state index contributed by atoms with van der Waals surface area (Å²) in [5.41, 5.74) is 0.0920. The number of hydrogen-bond acceptors (Lipinski definition) is 4. The Balaban J connectivity index is 2.15. The molecule has 0 fully saturated rings. The van der Waals surface area contributed by atoms with E-state index in [4.69, 9.17) is 35.4 Å². The molecule has 0 spiro atoms. The molecule has 0 atom stereocenters. The third-order valence-electron chi connectivity index (χ3n) is 2.94. The van der Waals surface area contributed by atoms with Crippen molar-refractivity contribution >= 4 is 57.6 Å². The maximum Gasteiger partial charge on any atom is 0.422 e. The van der Waals surface area contributed by atoms with Gasteiger partial charge in [-0.3, -0.25) is 10.1 Å². The van der Waals surface area contributed by atoms with Crippen LogP contribution >= 0.6 is 35.4 Å². The maximum atomic E-state index is 12.3. The topological polar surface area (TPSA) is 76.4 Å². The van der Waals surface area contributed by atoms with Gasteiger partial charge in [0, 0.05) is 17.8 Å². The number of alkyl halides is 3. The Morgan fingerprint density at radius 2 is 1.78 bits per heavy atom. The number of anilines is 2. The molecule has 0 radical (unpaired) electrons. The second-order valence-corrected chi connectivity index (χ2v) is 6.31. The number of rotatable bonds is 5. The first-order chi connectivity index (χ1) is 12.5. The van der Waals surface area contributed by atoms with Crippen molar-refractivity contribution in [1.29, 1.82) is 0 Å². The van der Waals surface area contributed by atoms with Crippen molar-refractivity contribution < 1.29 is 22.8 Å². The van der Waals surface area contributed by atoms with Crippen molar-refractivity contribution in [2.75, 3.05) is 17.2 Å². The van der Waals surface area contributed by atoms with Gasteiger partial charge in [0.2, 0.25) is 0 Å². The average Bonchev–Trinajstić information content (AvgIpc) is 2.55. The van der Waals surface area contributed by atoms with Crippen LogP contribution in [0.15, 0.2) is 36.4 Å². The molecular weight excluding hydrogens is 430 g/mol. The molecule has 2 N–H and O–H groups in total. The van der Waals surface area contributed by atoms with Crippen LogP contribution in [0.2, 0.25) is 10.0 Å². The Kier molecular flexibility index (Phi) is 6.68. The van der Waals surface area contributed by atoms with Gasteiger partial charge in [0.25, 0.3) is 5.69 Å². The lowest BCUT2D eigenvalue weighted by molar-refractivity contribution is -0.384. The molecule has 0 aliphatic rings. The first-order valence-corrected chi connectivity index (χ1v) is 8.22. The van der Waals surface area contributed by atoms with Gasteiger partial charge in [-0.05, 0) is 30.4 Å². The van der Waals surface area contributed by atoms with Gasteiger partial charge in [-0.15, -0.1) is 0 Å². The Labute approximate surface area is 166 Å². The molecule has 0 heterocycles. The molecule has 0 amide bonds. The highest BCUT2D eigenvalue weighted by Gasteiger charge is 2.28. The Bertz CT molecular complexity index is 881. The normalized spacial score (nSPS) is 11.0. The Morgan fingerprint density at radius 3 is 2.37 bits per heavy atom. The zero-order chi connectivity index (χ0) is 20.2. The zero-order valence-electron chi connectivity index (χ0n) is 13.1. The van der Waals surface area contributed by atoms with Crippen LogP contribution in [0.5, 0.6) is 5.75 Å². The minimum absolute atomic E-state index is 0.0238. The van der Waals surface area contributed by atoms with Crippen molar-refractivity contribution in [2.24, 2.45) is 0 Å². The first-order valence-electron chi connectivity index (χ1n) is 7.05. The molecule has 0 unspecified atom stereocenters. The van der Waals surface area contributed by atoms with Crippen molar-refractivity contribution in [3.63, 3.8) is 0 Å². The lowest BCUT2D eigenvalue weighted by Gasteiger charge is -2.13. The van der Waals surface area contributed by atoms with Gasteiger partial charge in [-0.25, -0.2) is 0 Å². The van der Waals surface area contributed by atoms with Crippen LogP contribution in [-0.2, 0) is 0 Å². The van der Waals surface area contributed by atoms with Crippen LogP contribution in [0.4, 0.5) is 30.2 Å². The number of nitrogens with one attached hydrogen (secondary N) is 2. The molecule has 0 saturated carbocycles. The fourth-order valence-electron chi connectivity index (χ4n) is 1.88. The molecule has 0 aliphatic carbocycles. The van der Waals surface area contributed by atoms with Gasteiger partial charge in [-0.1, -0.05) is 23.2 Å². The average molecular weight is 440 g/mol. The molecule has 12 heteroatoms. The predicted octanol–water partition coefficient (Wildman–Crippen LogP) is 5.65. The number of hydrogen-bond donors (Lipinski definition) is 2. The molecule has 6 nitrogen and oxygen atoms in total. The van der Waals surface area contributed by atoms with Crippen LogP contribution in [0.25, 0.3) is 0 Å². The standard InChI is InChI=1S/C15H10Cl2F3N3O3S/c16-12-2-1-8(5-13(12)17)21-14(27)22-9-3-10(23(24)25)6-11(4-9)26-7-15(18,19)20/h1-6H,7H2,(H2,21,22,27). The maximum absolute atomic E-state index is 12.3. The van der Waals surface area contributed by atoms with Crippen LogP contribution < -0.4 is 15.4 Å². The molecule has 0 saturated heterocycles. The summed E-state index contributed by atoms with van der Waals surface area (Å²) in [5.74, 6) is -0.332. The number of ether oxygens (including phenoxy) is 1. The molecular formula is C15H10Cl2F3N3O3S. The van der Waals surface area contributed by atoms with E-state index >= 15 is 0 Å². The second kappa shape index (κ2) is 8.59. The van der Waals surface area contributed by atoms with E-state index < -0.39 is 23.4 Å². The quantitative estimate of drug-likeness (QED) is 0.356. The van der Waals surface area contributed by atoms with Crippen molar-refractivity contribution in [2.45, 2.75) is 6.18 Å². The van der Waals surface area contributed by atoms with Gasteiger partial charge in [0.15, 0.2) is 11.7 Å². The molecule has 0 aromatic heterocycles. The number of nitro groups is 1. The van der Waals surface area contributed by atoms with E-state index in [2.05, 4.69) is 15.4 Å². The number of nitrogens with zero attached hydrogens (tertiary/aromatic N) is 1. The number of halogens is 5. The highest BCUT2D eigenvalue weighted by molar-refractivity contribution is 7.80. The molecule has 0 bridgehead atoms. The summed E-state index contributed by atoms with van der Waals surface area (Å²) >= 11 is 16.8. The lowest BCUT2D eigenvalue weighted by atomic mass is 10.2. The molecule has 0 aliphatic heterocycles. The number of thiocarbonyl (C=S) groups is 1. The number of nitro benzene ring substituents is 1. The van der Waals surface area contributed by atoms with Gasteiger partial charge >= 0.3 is 6.18 Å². The summed E-state index contributed by atoms with van der Waals surface area (Å²) in [6.07, 6.45) is -4.58. The lowest BCUT2D eigenvalue weighted by Crippen LogP contribution is -2.20. The van der Waals surface area contributed by atoms with Gasteiger partial charge < -0.3 is 15.4 Å². The van der Waals surface area contributed by atoms with Crippen LogP contribution in [0.3, 0.4) is 0 Å². The van der Waals surface area contributed by atoms with Crippen LogP contribution in [-0.4, -0.2) is 22.8 Å². The van der Waals surface area contributed by atoms with Gasteiger partial charge in [0.1, 0.15) is 5.75 Å². The van der Waals surface area contributed by atoms with E-state index in [1.54, 1.807) is 6.07 Å². The van der Waals surface area contributed by atoms with E-state index in [1.165, 1.54) is 12.1 Å². The largest absolute Gasteiger partial charge is 0.484 e. The highest BCUT2D eigenvalue weighted by atomic mass is 35.5. The monoisotopic (exact) mass is 439 g/mol. The van der Waals surface area contributed by atoms with Gasteiger partial charge in [-0.2, -0.15) is 13.2 Å². The summed E-state index contributed by atoms with van der Waals surface area (Å²) < 4.78 is 41.4. The van der Waals surface area contributed by atoms with Crippen molar-refractivity contribution in [3.05, 3.63) is 56.6 Å². The second-order valence-electron chi connectivity index (χ2n) is 5.08. The van der Waals surface area contributed by atoms with Crippen LogP contribution in [0.1, 0.15) is 0 Å². The molecule has 2 rings (SSSR count). The minimum atomic E-state index is -4.58. The zero-order valence-corrected chi connectivity index (χ0v) is 15.5. The fraction of sp³-hybridized carbons (Fsp3) is 0.133. The van der Waals surface area contributed by atoms with E-state index in [-0.39, 0.29) is 21.6 Å². The van der Waals surface area contributed by atoms with Crippen molar-refractivity contribution in [1.82, 2.24) is 0 Å². The summed E-state index contributed by atoms with van der Waals surface area (Å²) in [5, 5.41) is 17.0. The summed E-state index contributed by atoms with van der Waals surface area (Å²) in [6.45, 7) is -1.58. The molecule has 2 aromatic rings. The SMILES string of the molecule is O=[N+]([O-])c1cc(NC(=S)Nc2ccc(Cl)c(Cl)c2)cc(OCC(F)(F)F)c1. The predicted molar refractivity (Wildman–Crippen MR) is 101 cm³/mol. The van der Waals surface area contributed by atoms with Crippen LogP contribution in [0, 0.1) is 10.1 Å². The number of non-ortho nitro benzene ring substituents is 1. The van der Waals surface area contributed by atoms with Gasteiger partial charge in [0.05, 0.1) is 26.7 Å². The first kappa shape index (κ1) is 21.0. The Hall–Kier alpha value is -2.30. The summed E-state index contributed by atoms with van der Waals surface area (Å²) in [4.78, 5) is 10.2. The Morgan fingerprint density at radius 1 is 1.11 bits per heavy atom. The van der Waals surface area contributed by atoms with E-state index in [0.29, 0.717) is 10.7 Å². The third-order valence-corrected chi connectivity index (χ3v) is 3.88. The van der Waals surface area contributed by atoms with E-state index in [9.17, 15) is 23.3 Å². The molecule has 144 valence electrons. The van der Waals surface area contributed by atoms with E-state index in [1.807, 2.05) is 0 Å². The fourth-order valence-corrected chi connectivity index (χ4v) is 2.41. The molecule has 27 heavy (non-hydrogen) atoms. The minimum Gasteiger partial charge on any atom is -0.484 e. The molecule has 2 aromatic carbocycles. The summed E-state index contributed by atoms with van der Waals surface area (Å²) in [7, 11) is 0. The smallest absolute Gasteiger partial charge is 0.422 e. The van der Waals surface area contributed by atoms with E-state index in [0.717, 1.165) is 18.2 Å². The number of benzene rings is 2. The summed E-state index contributed by atoms with van der Waals surface area (Å²) in [6, 6.07) is 7.76. The third kappa shape index (κ3) is 6.74. The highest BCUT2D eigenvalue weighted by Crippen LogP contribution is 2.28.